The Hall–Kier alpha value is -3.42. The minimum absolute atomic E-state index is 0.663. The van der Waals surface area contributed by atoms with E-state index in [-0.39, 0.29) is 0 Å². The predicted octanol–water partition coefficient (Wildman–Crippen LogP) is 5.53. The Kier molecular flexibility index (Phi) is 5.04. The number of aromatic nitrogens is 4. The van der Waals surface area contributed by atoms with Crippen molar-refractivity contribution >= 4 is 44.4 Å². The van der Waals surface area contributed by atoms with Crippen molar-refractivity contribution in [3.05, 3.63) is 91.0 Å². The predicted molar refractivity (Wildman–Crippen MR) is 126 cm³/mol. The molecule has 0 fully saturated rings. The van der Waals surface area contributed by atoms with Crippen LogP contribution in [0.25, 0.3) is 26.5 Å². The molecule has 0 saturated heterocycles. The fraction of sp³-hybridized carbons (Fsp3) is 0.0435. The van der Waals surface area contributed by atoms with Crippen LogP contribution in [0.4, 0.5) is 5.69 Å². The molecule has 30 heavy (non-hydrogen) atoms. The first-order valence-corrected chi connectivity index (χ1v) is 10.7. The summed E-state index contributed by atoms with van der Waals surface area (Å²) in [5.41, 5.74) is 5.20. The molecule has 0 atom stereocenters. The van der Waals surface area contributed by atoms with Crippen molar-refractivity contribution in [3.63, 3.8) is 0 Å². The highest BCUT2D eigenvalue weighted by Gasteiger charge is 2.08. The summed E-state index contributed by atoms with van der Waals surface area (Å²) in [4.78, 5) is 9.67. The summed E-state index contributed by atoms with van der Waals surface area (Å²) in [6.07, 6.45) is 7.98. The zero-order chi connectivity index (χ0) is 20.3. The van der Waals surface area contributed by atoms with E-state index in [0.717, 1.165) is 42.7 Å². The maximum absolute atomic E-state index is 5.59. The molecule has 7 heteroatoms. The molecule has 3 aromatic heterocycles. The van der Waals surface area contributed by atoms with E-state index in [9.17, 15) is 0 Å². The molecule has 0 aliphatic carbocycles. The van der Waals surface area contributed by atoms with Gasteiger partial charge >= 0.3 is 0 Å². The van der Waals surface area contributed by atoms with Gasteiger partial charge in [-0.1, -0.05) is 30.4 Å². The number of pyridine rings is 1. The first-order valence-electron chi connectivity index (χ1n) is 9.44. The van der Waals surface area contributed by atoms with Crippen LogP contribution >= 0.6 is 23.6 Å². The first-order chi connectivity index (χ1) is 14.7. The van der Waals surface area contributed by atoms with Crippen molar-refractivity contribution < 1.29 is 0 Å². The van der Waals surface area contributed by atoms with Crippen molar-refractivity contribution in [1.82, 2.24) is 19.7 Å². The molecule has 0 spiro atoms. The van der Waals surface area contributed by atoms with E-state index in [1.807, 2.05) is 53.5 Å². The van der Waals surface area contributed by atoms with Gasteiger partial charge in [-0.3, -0.25) is 4.98 Å². The fourth-order valence-electron chi connectivity index (χ4n) is 3.23. The average molecular weight is 428 g/mol. The second-order valence-electron chi connectivity index (χ2n) is 6.79. The lowest BCUT2D eigenvalue weighted by Gasteiger charge is -2.10. The SMILES string of the molecule is S=C(Cc1cccc(-c2nc3ccncc3s2)c1)Nc1ccc(-n2cccn2)cc1. The Bertz CT molecular complexity index is 1270. The third kappa shape index (κ3) is 3.98. The van der Waals surface area contributed by atoms with Gasteiger partial charge < -0.3 is 5.32 Å². The summed E-state index contributed by atoms with van der Waals surface area (Å²) < 4.78 is 2.92. The minimum atomic E-state index is 0.663. The van der Waals surface area contributed by atoms with Crippen LogP contribution < -0.4 is 5.32 Å². The van der Waals surface area contributed by atoms with Crippen LogP contribution in [0.5, 0.6) is 0 Å². The lowest BCUT2D eigenvalue weighted by Crippen LogP contribution is -2.12. The number of thiazole rings is 1. The van der Waals surface area contributed by atoms with Crippen LogP contribution in [0, 0.1) is 0 Å². The summed E-state index contributed by atoms with van der Waals surface area (Å²) in [6.45, 7) is 0. The maximum atomic E-state index is 5.59. The Labute approximate surface area is 183 Å². The molecule has 146 valence electrons. The molecule has 0 amide bonds. The second kappa shape index (κ2) is 8.14. The zero-order valence-electron chi connectivity index (χ0n) is 15.9. The summed E-state index contributed by atoms with van der Waals surface area (Å²) in [6, 6.07) is 20.3. The highest BCUT2D eigenvalue weighted by atomic mass is 32.1. The van der Waals surface area contributed by atoms with E-state index in [2.05, 4.69) is 39.7 Å². The van der Waals surface area contributed by atoms with Gasteiger partial charge in [-0.15, -0.1) is 11.3 Å². The van der Waals surface area contributed by atoms with E-state index in [1.165, 1.54) is 0 Å². The molecule has 3 heterocycles. The van der Waals surface area contributed by atoms with Crippen molar-refractivity contribution in [2.45, 2.75) is 6.42 Å². The molecule has 0 saturated carbocycles. The van der Waals surface area contributed by atoms with E-state index in [4.69, 9.17) is 17.2 Å². The van der Waals surface area contributed by atoms with Crippen LogP contribution in [0.1, 0.15) is 5.56 Å². The third-order valence-corrected chi connectivity index (χ3v) is 5.95. The number of rotatable bonds is 5. The number of nitrogens with zero attached hydrogens (tertiary/aromatic N) is 4. The monoisotopic (exact) mass is 427 g/mol. The van der Waals surface area contributed by atoms with Gasteiger partial charge in [0, 0.05) is 42.5 Å². The Morgan fingerprint density at radius 2 is 1.93 bits per heavy atom. The zero-order valence-corrected chi connectivity index (χ0v) is 17.5. The highest BCUT2D eigenvalue weighted by molar-refractivity contribution is 7.80. The molecule has 0 radical (unpaired) electrons. The van der Waals surface area contributed by atoms with E-state index >= 15 is 0 Å². The van der Waals surface area contributed by atoms with Gasteiger partial charge in [-0.25, -0.2) is 9.67 Å². The molecule has 0 aliphatic heterocycles. The summed E-state index contributed by atoms with van der Waals surface area (Å²) >= 11 is 7.24. The minimum Gasteiger partial charge on any atom is -0.350 e. The fourth-order valence-corrected chi connectivity index (χ4v) is 4.44. The topological polar surface area (TPSA) is 55.6 Å². The standard InChI is InChI=1S/C23H17N5S2/c29-22(26-18-5-7-19(8-6-18)28-12-2-10-25-28)14-16-3-1-4-17(13-16)23-27-20-9-11-24-15-21(20)30-23/h1-13,15H,14H2,(H,26,29). The van der Waals surface area contributed by atoms with Gasteiger partial charge in [0.1, 0.15) is 5.01 Å². The van der Waals surface area contributed by atoms with Crippen LogP contribution in [-0.2, 0) is 6.42 Å². The summed E-state index contributed by atoms with van der Waals surface area (Å²) in [5, 5.41) is 8.56. The number of fused-ring (bicyclic) bond motifs is 1. The van der Waals surface area contributed by atoms with Gasteiger partial charge in [0.05, 0.1) is 20.9 Å². The smallest absolute Gasteiger partial charge is 0.124 e. The molecular formula is C23H17N5S2. The quantitative estimate of drug-likeness (QED) is 0.374. The normalized spacial score (nSPS) is 10.9. The molecule has 0 bridgehead atoms. The average Bonchev–Trinajstić information content (AvgIpc) is 3.44. The Morgan fingerprint density at radius 3 is 2.73 bits per heavy atom. The number of nitrogens with one attached hydrogen (secondary N) is 1. The van der Waals surface area contributed by atoms with Crippen LogP contribution in [0.3, 0.4) is 0 Å². The Morgan fingerprint density at radius 1 is 1.03 bits per heavy atom. The summed E-state index contributed by atoms with van der Waals surface area (Å²) in [5.74, 6) is 0. The Balaban J connectivity index is 1.28. The lowest BCUT2D eigenvalue weighted by molar-refractivity contribution is 0.881. The molecule has 2 aromatic carbocycles. The number of thiocarbonyl (C=S) groups is 1. The van der Waals surface area contributed by atoms with Crippen molar-refractivity contribution in [2.24, 2.45) is 0 Å². The van der Waals surface area contributed by atoms with Crippen LogP contribution in [-0.4, -0.2) is 24.7 Å². The van der Waals surface area contributed by atoms with Gasteiger partial charge in [-0.2, -0.15) is 5.10 Å². The molecule has 5 nitrogen and oxygen atoms in total. The van der Waals surface area contributed by atoms with Gasteiger partial charge in [-0.05, 0) is 48.0 Å². The molecular weight excluding hydrogens is 410 g/mol. The maximum Gasteiger partial charge on any atom is 0.124 e. The first kappa shape index (κ1) is 18.6. The molecule has 0 aliphatic rings. The number of hydrogen-bond acceptors (Lipinski definition) is 5. The van der Waals surface area contributed by atoms with E-state index in [1.54, 1.807) is 23.7 Å². The molecule has 5 aromatic rings. The van der Waals surface area contributed by atoms with Gasteiger partial charge in [0.2, 0.25) is 0 Å². The molecule has 1 N–H and O–H groups in total. The third-order valence-electron chi connectivity index (χ3n) is 4.65. The summed E-state index contributed by atoms with van der Waals surface area (Å²) in [7, 11) is 0. The number of benzene rings is 2. The largest absolute Gasteiger partial charge is 0.350 e. The van der Waals surface area contributed by atoms with E-state index < -0.39 is 0 Å². The highest BCUT2D eigenvalue weighted by Crippen LogP contribution is 2.30. The van der Waals surface area contributed by atoms with Gasteiger partial charge in [0.25, 0.3) is 0 Å². The van der Waals surface area contributed by atoms with E-state index in [0.29, 0.717) is 6.42 Å². The van der Waals surface area contributed by atoms with Crippen molar-refractivity contribution in [1.29, 1.82) is 0 Å². The lowest BCUT2D eigenvalue weighted by atomic mass is 10.1. The van der Waals surface area contributed by atoms with Crippen LogP contribution in [0.15, 0.2) is 85.5 Å². The molecule has 5 rings (SSSR count). The van der Waals surface area contributed by atoms with Gasteiger partial charge in [0.15, 0.2) is 0 Å². The second-order valence-corrected chi connectivity index (χ2v) is 8.31. The number of anilines is 1. The van der Waals surface area contributed by atoms with Crippen molar-refractivity contribution in [2.75, 3.05) is 5.32 Å². The molecule has 0 unspecified atom stereocenters. The van der Waals surface area contributed by atoms with Crippen LogP contribution in [0.2, 0.25) is 0 Å². The number of hydrogen-bond donors (Lipinski definition) is 1. The van der Waals surface area contributed by atoms with Crippen molar-refractivity contribution in [3.8, 4) is 16.3 Å².